The Balaban J connectivity index is 2.25. The summed E-state index contributed by atoms with van der Waals surface area (Å²) in [6, 6.07) is 1.75. The third-order valence-electron chi connectivity index (χ3n) is 2.60. The largest absolute Gasteiger partial charge is 0.474 e. The summed E-state index contributed by atoms with van der Waals surface area (Å²) in [7, 11) is 0. The van der Waals surface area contributed by atoms with E-state index in [1.807, 2.05) is 0 Å². The maximum absolute atomic E-state index is 12.3. The maximum Gasteiger partial charge on any atom is 0.303 e. The number of hydrogen-bond acceptors (Lipinski definition) is 5. The molecule has 2 rings (SSSR count). The molecule has 1 amide bonds. The van der Waals surface area contributed by atoms with Crippen LogP contribution < -0.4 is 9.64 Å². The van der Waals surface area contributed by atoms with Crippen molar-refractivity contribution in [2.24, 2.45) is 0 Å². The van der Waals surface area contributed by atoms with Crippen molar-refractivity contribution >= 4 is 33.5 Å². The van der Waals surface area contributed by atoms with Crippen LogP contribution in [0.15, 0.2) is 16.7 Å². The third-order valence-corrected chi connectivity index (χ3v) is 3.03. The van der Waals surface area contributed by atoms with Crippen LogP contribution in [-0.2, 0) is 14.3 Å². The average molecular weight is 329 g/mol. The Labute approximate surface area is 118 Å². The molecular formula is C12H13BrN2O4. The molecule has 0 aromatic carbocycles. The molecule has 0 aliphatic carbocycles. The summed E-state index contributed by atoms with van der Waals surface area (Å²) in [6.45, 7) is 3.58. The van der Waals surface area contributed by atoms with E-state index >= 15 is 0 Å². The van der Waals surface area contributed by atoms with Gasteiger partial charge in [0.25, 0.3) is 5.91 Å². The van der Waals surface area contributed by atoms with E-state index < -0.39 is 12.1 Å². The van der Waals surface area contributed by atoms with Crippen LogP contribution in [0.2, 0.25) is 0 Å². The van der Waals surface area contributed by atoms with Crippen LogP contribution in [0.3, 0.4) is 0 Å². The molecule has 1 aliphatic rings. The highest BCUT2D eigenvalue weighted by atomic mass is 79.9. The molecule has 6 nitrogen and oxygen atoms in total. The number of esters is 1. The van der Waals surface area contributed by atoms with Crippen molar-refractivity contribution in [3.63, 3.8) is 0 Å². The van der Waals surface area contributed by atoms with Crippen molar-refractivity contribution in [1.29, 1.82) is 0 Å². The second-order valence-corrected chi connectivity index (χ2v) is 4.98. The quantitative estimate of drug-likeness (QED) is 0.770. The summed E-state index contributed by atoms with van der Waals surface area (Å²) in [5.41, 5.74) is 0.574. The van der Waals surface area contributed by atoms with Gasteiger partial charge in [-0.15, -0.1) is 0 Å². The van der Waals surface area contributed by atoms with E-state index in [9.17, 15) is 9.59 Å². The first-order chi connectivity index (χ1) is 8.99. The average Bonchev–Trinajstić information content (AvgIpc) is 2.36. The summed E-state index contributed by atoms with van der Waals surface area (Å²) >= 11 is 3.30. The van der Waals surface area contributed by atoms with Crippen molar-refractivity contribution in [2.75, 3.05) is 18.1 Å². The highest BCUT2D eigenvalue weighted by Gasteiger charge is 2.29. The number of rotatable bonds is 2. The molecule has 0 fully saturated rings. The van der Waals surface area contributed by atoms with Gasteiger partial charge in [0, 0.05) is 17.6 Å². The first-order valence-corrected chi connectivity index (χ1v) is 6.55. The SMILES string of the molecule is CC(=O)OC(C)C(=O)N1CCOc2ncc(Br)cc21. The van der Waals surface area contributed by atoms with Gasteiger partial charge in [0.15, 0.2) is 6.10 Å². The van der Waals surface area contributed by atoms with Crippen LogP contribution in [0.5, 0.6) is 5.88 Å². The number of anilines is 1. The van der Waals surface area contributed by atoms with Crippen molar-refractivity contribution in [3.05, 3.63) is 16.7 Å². The topological polar surface area (TPSA) is 68.7 Å². The first-order valence-electron chi connectivity index (χ1n) is 5.76. The fourth-order valence-electron chi connectivity index (χ4n) is 1.82. The Hall–Kier alpha value is -1.63. The lowest BCUT2D eigenvalue weighted by Gasteiger charge is -2.30. The normalized spacial score (nSPS) is 15.2. The number of halogens is 1. The van der Waals surface area contributed by atoms with E-state index in [0.29, 0.717) is 24.7 Å². The number of aromatic nitrogens is 1. The Morgan fingerprint density at radius 2 is 2.32 bits per heavy atom. The molecule has 1 aromatic heterocycles. The van der Waals surface area contributed by atoms with Crippen molar-refractivity contribution in [3.8, 4) is 5.88 Å². The molecular weight excluding hydrogens is 316 g/mol. The summed E-state index contributed by atoms with van der Waals surface area (Å²) in [4.78, 5) is 28.8. The van der Waals surface area contributed by atoms with Gasteiger partial charge in [-0.05, 0) is 28.9 Å². The van der Waals surface area contributed by atoms with E-state index in [2.05, 4.69) is 20.9 Å². The molecule has 0 saturated carbocycles. The zero-order valence-corrected chi connectivity index (χ0v) is 12.1. The fraction of sp³-hybridized carbons (Fsp3) is 0.417. The van der Waals surface area contributed by atoms with E-state index in [-0.39, 0.29) is 5.91 Å². The highest BCUT2D eigenvalue weighted by molar-refractivity contribution is 9.10. The van der Waals surface area contributed by atoms with Crippen LogP contribution in [0.1, 0.15) is 13.8 Å². The Morgan fingerprint density at radius 3 is 3.00 bits per heavy atom. The number of pyridine rings is 1. The van der Waals surface area contributed by atoms with Gasteiger partial charge in [0.05, 0.1) is 6.54 Å². The van der Waals surface area contributed by atoms with Gasteiger partial charge in [-0.3, -0.25) is 9.59 Å². The molecule has 0 N–H and O–H groups in total. The molecule has 1 aliphatic heterocycles. The second kappa shape index (κ2) is 5.56. The molecule has 0 bridgehead atoms. The summed E-state index contributed by atoms with van der Waals surface area (Å²) in [5, 5.41) is 0. The van der Waals surface area contributed by atoms with E-state index in [0.717, 1.165) is 4.47 Å². The van der Waals surface area contributed by atoms with Crippen LogP contribution in [-0.4, -0.2) is 36.1 Å². The summed E-state index contributed by atoms with van der Waals surface area (Å²) < 4.78 is 11.0. The fourth-order valence-corrected chi connectivity index (χ4v) is 2.14. The van der Waals surface area contributed by atoms with E-state index in [1.165, 1.54) is 11.8 Å². The lowest BCUT2D eigenvalue weighted by molar-refractivity contribution is -0.151. The number of hydrogen-bond donors (Lipinski definition) is 0. The van der Waals surface area contributed by atoms with Crippen LogP contribution in [0.4, 0.5) is 5.69 Å². The smallest absolute Gasteiger partial charge is 0.303 e. The van der Waals surface area contributed by atoms with Crippen LogP contribution >= 0.6 is 15.9 Å². The minimum atomic E-state index is -0.831. The molecule has 0 spiro atoms. The zero-order chi connectivity index (χ0) is 14.0. The molecule has 0 radical (unpaired) electrons. The number of carbonyl (C=O) groups is 2. The van der Waals surface area contributed by atoms with Gasteiger partial charge < -0.3 is 14.4 Å². The minimum Gasteiger partial charge on any atom is -0.474 e. The van der Waals surface area contributed by atoms with Crippen molar-refractivity contribution in [2.45, 2.75) is 20.0 Å². The molecule has 7 heteroatoms. The van der Waals surface area contributed by atoms with Crippen molar-refractivity contribution in [1.82, 2.24) is 4.98 Å². The molecule has 19 heavy (non-hydrogen) atoms. The van der Waals surface area contributed by atoms with E-state index in [4.69, 9.17) is 9.47 Å². The third kappa shape index (κ3) is 3.04. The molecule has 1 unspecified atom stereocenters. The second-order valence-electron chi connectivity index (χ2n) is 4.07. The molecule has 2 heterocycles. The zero-order valence-electron chi connectivity index (χ0n) is 10.6. The maximum atomic E-state index is 12.3. The first kappa shape index (κ1) is 13.8. The highest BCUT2D eigenvalue weighted by Crippen LogP contribution is 2.32. The Kier molecular flexibility index (Phi) is 4.04. The van der Waals surface area contributed by atoms with Crippen LogP contribution in [0.25, 0.3) is 0 Å². The number of nitrogens with zero attached hydrogens (tertiary/aromatic N) is 2. The minimum absolute atomic E-state index is 0.292. The van der Waals surface area contributed by atoms with Gasteiger partial charge >= 0.3 is 5.97 Å². The lowest BCUT2D eigenvalue weighted by Crippen LogP contribution is -2.44. The Morgan fingerprint density at radius 1 is 1.58 bits per heavy atom. The lowest BCUT2D eigenvalue weighted by atomic mass is 10.2. The standard InChI is InChI=1S/C12H13BrN2O4/c1-7(19-8(2)16)12(17)15-3-4-18-11-10(15)5-9(13)6-14-11/h5-7H,3-4H2,1-2H3. The van der Waals surface area contributed by atoms with Crippen molar-refractivity contribution < 1.29 is 19.1 Å². The predicted molar refractivity (Wildman–Crippen MR) is 71.0 cm³/mol. The monoisotopic (exact) mass is 328 g/mol. The number of amides is 1. The Bertz CT molecular complexity index is 520. The molecule has 1 aromatic rings. The number of fused-ring (bicyclic) bond motifs is 1. The van der Waals surface area contributed by atoms with Gasteiger partial charge in [0.2, 0.25) is 5.88 Å². The van der Waals surface area contributed by atoms with E-state index in [1.54, 1.807) is 19.2 Å². The van der Waals surface area contributed by atoms with Crippen LogP contribution in [0, 0.1) is 0 Å². The number of ether oxygens (including phenoxy) is 2. The molecule has 1 atom stereocenters. The van der Waals surface area contributed by atoms with Gasteiger partial charge in [-0.2, -0.15) is 0 Å². The molecule has 102 valence electrons. The van der Waals surface area contributed by atoms with Gasteiger partial charge in [-0.25, -0.2) is 4.98 Å². The predicted octanol–water partition coefficient (Wildman–Crippen LogP) is 1.52. The van der Waals surface area contributed by atoms with Gasteiger partial charge in [0.1, 0.15) is 12.3 Å². The summed E-state index contributed by atoms with van der Waals surface area (Å²) in [5.74, 6) is -0.376. The van der Waals surface area contributed by atoms with Gasteiger partial charge in [-0.1, -0.05) is 0 Å². The number of carbonyl (C=O) groups excluding carboxylic acids is 2. The summed E-state index contributed by atoms with van der Waals surface area (Å²) in [6.07, 6.45) is 0.768. The molecule has 0 saturated heterocycles.